The number of hydrogen-bond donors (Lipinski definition) is 0. The smallest absolute Gasteiger partial charge is 0.341 e. The second-order valence-corrected chi connectivity index (χ2v) is 6.97. The van der Waals surface area contributed by atoms with E-state index in [1.54, 1.807) is 18.7 Å². The summed E-state index contributed by atoms with van der Waals surface area (Å²) in [5.74, 6) is 1.12. The Balaban J connectivity index is 2.86. The van der Waals surface area contributed by atoms with Crippen molar-refractivity contribution in [1.82, 2.24) is 9.97 Å². The van der Waals surface area contributed by atoms with Crippen molar-refractivity contribution in [1.29, 1.82) is 0 Å². The minimum atomic E-state index is -0.423. The molecule has 1 aromatic rings. The SMILES string of the molecule is CCOC(=O)c1cnc(CSC(C)(C)C)nc1CCl. The standard InChI is InChI=1S/C13H19ClN2O2S/c1-5-18-12(17)9-7-15-11(16-10(9)6-14)8-19-13(2,3)4/h7H,5-6,8H2,1-4H3. The normalized spacial score (nSPS) is 11.4. The summed E-state index contributed by atoms with van der Waals surface area (Å²) in [6, 6.07) is 0. The fourth-order valence-electron chi connectivity index (χ4n) is 1.29. The molecule has 106 valence electrons. The van der Waals surface area contributed by atoms with Crippen molar-refractivity contribution in [2.24, 2.45) is 0 Å². The van der Waals surface area contributed by atoms with E-state index in [-0.39, 0.29) is 10.6 Å². The second-order valence-electron chi connectivity index (χ2n) is 4.90. The molecule has 0 N–H and O–H groups in total. The van der Waals surface area contributed by atoms with Crippen molar-refractivity contribution in [3.8, 4) is 0 Å². The van der Waals surface area contributed by atoms with Crippen LogP contribution in [-0.2, 0) is 16.4 Å². The number of halogens is 1. The molecule has 0 atom stereocenters. The number of carbonyl (C=O) groups excluding carboxylic acids is 1. The van der Waals surface area contributed by atoms with E-state index in [0.717, 1.165) is 0 Å². The van der Waals surface area contributed by atoms with Crippen LogP contribution in [0.2, 0.25) is 0 Å². The molecule has 0 bridgehead atoms. The molecule has 0 fully saturated rings. The molecular weight excluding hydrogens is 284 g/mol. The third-order valence-electron chi connectivity index (χ3n) is 2.17. The number of alkyl halides is 1. The van der Waals surface area contributed by atoms with Gasteiger partial charge in [-0.3, -0.25) is 0 Å². The van der Waals surface area contributed by atoms with E-state index >= 15 is 0 Å². The van der Waals surface area contributed by atoms with Crippen LogP contribution in [0.1, 0.15) is 49.6 Å². The van der Waals surface area contributed by atoms with E-state index in [4.69, 9.17) is 16.3 Å². The summed E-state index contributed by atoms with van der Waals surface area (Å²) in [5.41, 5.74) is 0.876. The molecule has 0 saturated carbocycles. The van der Waals surface area contributed by atoms with Crippen molar-refractivity contribution in [3.63, 3.8) is 0 Å². The van der Waals surface area contributed by atoms with Crippen molar-refractivity contribution in [3.05, 3.63) is 23.3 Å². The lowest BCUT2D eigenvalue weighted by Gasteiger charge is -2.17. The number of hydrogen-bond acceptors (Lipinski definition) is 5. The zero-order chi connectivity index (χ0) is 14.5. The van der Waals surface area contributed by atoms with E-state index in [2.05, 4.69) is 30.7 Å². The third-order valence-corrected chi connectivity index (χ3v) is 3.70. The van der Waals surface area contributed by atoms with Gasteiger partial charge < -0.3 is 4.74 Å². The first-order valence-corrected chi connectivity index (χ1v) is 7.61. The van der Waals surface area contributed by atoms with Crippen molar-refractivity contribution in [2.45, 2.75) is 44.1 Å². The molecule has 0 aliphatic heterocycles. The zero-order valence-corrected chi connectivity index (χ0v) is 13.3. The Morgan fingerprint density at radius 2 is 2.16 bits per heavy atom. The molecule has 1 rings (SSSR count). The van der Waals surface area contributed by atoms with Crippen LogP contribution in [0, 0.1) is 0 Å². The number of aromatic nitrogens is 2. The van der Waals surface area contributed by atoms with Crippen LogP contribution in [0.4, 0.5) is 0 Å². The van der Waals surface area contributed by atoms with Crippen molar-refractivity contribution in [2.75, 3.05) is 6.61 Å². The van der Waals surface area contributed by atoms with Crippen LogP contribution in [0.15, 0.2) is 6.20 Å². The molecule has 1 heterocycles. The van der Waals surface area contributed by atoms with Gasteiger partial charge in [-0.05, 0) is 6.92 Å². The lowest BCUT2D eigenvalue weighted by Crippen LogP contribution is -2.13. The molecule has 0 spiro atoms. The summed E-state index contributed by atoms with van der Waals surface area (Å²) in [6.07, 6.45) is 1.50. The molecule has 1 aromatic heterocycles. The van der Waals surface area contributed by atoms with Gasteiger partial charge in [-0.15, -0.1) is 23.4 Å². The summed E-state index contributed by atoms with van der Waals surface area (Å²) in [6.45, 7) is 8.48. The number of carbonyl (C=O) groups is 1. The molecule has 0 aliphatic rings. The van der Waals surface area contributed by atoms with Gasteiger partial charge >= 0.3 is 5.97 Å². The number of rotatable bonds is 5. The quantitative estimate of drug-likeness (QED) is 0.616. The van der Waals surface area contributed by atoms with Gasteiger partial charge in [0.2, 0.25) is 0 Å². The van der Waals surface area contributed by atoms with Gasteiger partial charge in [-0.25, -0.2) is 14.8 Å². The predicted octanol–water partition coefficient (Wildman–Crippen LogP) is 3.42. The first-order chi connectivity index (χ1) is 8.87. The van der Waals surface area contributed by atoms with Crippen molar-refractivity contribution >= 4 is 29.3 Å². The predicted molar refractivity (Wildman–Crippen MR) is 78.6 cm³/mol. The molecule has 6 heteroatoms. The Hall–Kier alpha value is -0.810. The molecule has 0 aliphatic carbocycles. The van der Waals surface area contributed by atoms with E-state index in [9.17, 15) is 4.79 Å². The molecule has 19 heavy (non-hydrogen) atoms. The van der Waals surface area contributed by atoms with Crippen LogP contribution < -0.4 is 0 Å². The molecule has 4 nitrogen and oxygen atoms in total. The molecule has 0 saturated heterocycles. The second kappa shape index (κ2) is 7.10. The van der Waals surface area contributed by atoms with Crippen LogP contribution in [0.25, 0.3) is 0 Å². The largest absolute Gasteiger partial charge is 0.462 e. The van der Waals surface area contributed by atoms with Gasteiger partial charge in [0.25, 0.3) is 0 Å². The Morgan fingerprint density at radius 3 is 2.68 bits per heavy atom. The summed E-state index contributed by atoms with van der Waals surface area (Å²) in [5, 5.41) is 0. The number of nitrogens with zero attached hydrogens (tertiary/aromatic N) is 2. The van der Waals surface area contributed by atoms with Gasteiger partial charge in [0, 0.05) is 10.9 Å². The Labute approximate surface area is 123 Å². The van der Waals surface area contributed by atoms with Gasteiger partial charge in [-0.1, -0.05) is 20.8 Å². The average molecular weight is 303 g/mol. The van der Waals surface area contributed by atoms with E-state index in [1.165, 1.54) is 6.20 Å². The maximum Gasteiger partial charge on any atom is 0.341 e. The minimum absolute atomic E-state index is 0.143. The average Bonchev–Trinajstić information content (AvgIpc) is 2.35. The number of thioether (sulfide) groups is 1. The first-order valence-electron chi connectivity index (χ1n) is 6.09. The highest BCUT2D eigenvalue weighted by Crippen LogP contribution is 2.26. The summed E-state index contributed by atoms with van der Waals surface area (Å²) in [7, 11) is 0. The molecular formula is C13H19ClN2O2S. The third kappa shape index (κ3) is 5.37. The fraction of sp³-hybridized carbons (Fsp3) is 0.615. The highest BCUT2D eigenvalue weighted by Gasteiger charge is 2.16. The monoisotopic (exact) mass is 302 g/mol. The lowest BCUT2D eigenvalue weighted by molar-refractivity contribution is 0.0524. The van der Waals surface area contributed by atoms with E-state index < -0.39 is 5.97 Å². The van der Waals surface area contributed by atoms with E-state index in [0.29, 0.717) is 29.4 Å². The highest BCUT2D eigenvalue weighted by molar-refractivity contribution is 7.99. The summed E-state index contributed by atoms with van der Waals surface area (Å²) < 4.78 is 5.08. The molecule has 0 radical (unpaired) electrons. The van der Waals surface area contributed by atoms with Gasteiger partial charge in [0.05, 0.1) is 23.9 Å². The van der Waals surface area contributed by atoms with Crippen LogP contribution in [0.5, 0.6) is 0 Å². The van der Waals surface area contributed by atoms with Crippen molar-refractivity contribution < 1.29 is 9.53 Å². The van der Waals surface area contributed by atoms with Gasteiger partial charge in [0.15, 0.2) is 0 Å². The topological polar surface area (TPSA) is 52.1 Å². The highest BCUT2D eigenvalue weighted by atomic mass is 35.5. The maximum atomic E-state index is 11.7. The molecule has 0 unspecified atom stereocenters. The Kier molecular flexibility index (Phi) is 6.07. The van der Waals surface area contributed by atoms with Crippen LogP contribution in [0.3, 0.4) is 0 Å². The van der Waals surface area contributed by atoms with E-state index in [1.807, 2.05) is 0 Å². The summed E-state index contributed by atoms with van der Waals surface area (Å²) in [4.78, 5) is 20.2. The Morgan fingerprint density at radius 1 is 1.47 bits per heavy atom. The molecule has 0 amide bonds. The van der Waals surface area contributed by atoms with Crippen LogP contribution in [-0.4, -0.2) is 27.3 Å². The van der Waals surface area contributed by atoms with Crippen LogP contribution >= 0.6 is 23.4 Å². The Bertz CT molecular complexity index is 447. The summed E-state index contributed by atoms with van der Waals surface area (Å²) >= 11 is 7.58. The van der Waals surface area contributed by atoms with Gasteiger partial charge in [0.1, 0.15) is 11.4 Å². The maximum absolute atomic E-state index is 11.7. The molecule has 0 aromatic carbocycles. The zero-order valence-electron chi connectivity index (χ0n) is 11.7. The fourth-order valence-corrected chi connectivity index (χ4v) is 2.20. The number of esters is 1. The first kappa shape index (κ1) is 16.2. The number of ether oxygens (including phenoxy) is 1. The van der Waals surface area contributed by atoms with Gasteiger partial charge in [-0.2, -0.15) is 0 Å². The minimum Gasteiger partial charge on any atom is -0.462 e. The lowest BCUT2D eigenvalue weighted by atomic mass is 10.2.